The Balaban J connectivity index is 2.07. The first-order valence-corrected chi connectivity index (χ1v) is 5.09. The third kappa shape index (κ3) is 1.87. The lowest BCUT2D eigenvalue weighted by Gasteiger charge is -2.02. The van der Waals surface area contributed by atoms with Crippen LogP contribution in [0, 0.1) is 5.92 Å². The summed E-state index contributed by atoms with van der Waals surface area (Å²) in [5.74, 6) is 1.49. The van der Waals surface area contributed by atoms with Gasteiger partial charge in [-0.2, -0.15) is 0 Å². The van der Waals surface area contributed by atoms with Crippen LogP contribution in [0.4, 0.5) is 0 Å². The quantitative estimate of drug-likeness (QED) is 0.782. The van der Waals surface area contributed by atoms with Crippen molar-refractivity contribution >= 4 is 11.6 Å². The molecule has 0 aliphatic heterocycles. The summed E-state index contributed by atoms with van der Waals surface area (Å²) in [6.07, 6.45) is 1.28. The number of benzene rings is 1. The molecule has 1 N–H and O–H groups in total. The summed E-state index contributed by atoms with van der Waals surface area (Å²) in [6, 6.07) is 8.17. The van der Waals surface area contributed by atoms with E-state index in [1.165, 1.54) is 12.0 Å². The summed E-state index contributed by atoms with van der Waals surface area (Å²) in [7, 11) is 2.00. The SMILES string of the molecule is CNC[C@H]1C[C@@H]1c1ccccc1Cl. The third-order valence-corrected chi connectivity index (χ3v) is 3.04. The summed E-state index contributed by atoms with van der Waals surface area (Å²) in [4.78, 5) is 0. The van der Waals surface area contributed by atoms with Crippen LogP contribution in [-0.4, -0.2) is 13.6 Å². The molecule has 1 aliphatic carbocycles. The third-order valence-electron chi connectivity index (χ3n) is 2.69. The van der Waals surface area contributed by atoms with Crippen LogP contribution in [0.25, 0.3) is 0 Å². The standard InChI is InChI=1S/C11H14ClN/c1-13-7-8-6-10(8)9-4-2-3-5-11(9)12/h2-5,8,10,13H,6-7H2,1H3/t8-,10+/m1/s1. The number of halogens is 1. The molecular formula is C11H14ClN. The van der Waals surface area contributed by atoms with Gasteiger partial charge in [0.1, 0.15) is 0 Å². The van der Waals surface area contributed by atoms with Gasteiger partial charge in [-0.15, -0.1) is 0 Å². The highest BCUT2D eigenvalue weighted by molar-refractivity contribution is 6.31. The maximum absolute atomic E-state index is 6.10. The van der Waals surface area contributed by atoms with Crippen LogP contribution in [0.1, 0.15) is 17.9 Å². The number of hydrogen-bond donors (Lipinski definition) is 1. The minimum atomic E-state index is 0.696. The fourth-order valence-electron chi connectivity index (χ4n) is 1.89. The summed E-state index contributed by atoms with van der Waals surface area (Å²) < 4.78 is 0. The molecule has 1 aliphatic rings. The van der Waals surface area contributed by atoms with E-state index in [2.05, 4.69) is 17.4 Å². The van der Waals surface area contributed by atoms with Gasteiger partial charge in [0.15, 0.2) is 0 Å². The Labute approximate surface area is 84.1 Å². The Morgan fingerprint density at radius 3 is 2.92 bits per heavy atom. The van der Waals surface area contributed by atoms with Gasteiger partial charge in [-0.3, -0.25) is 0 Å². The Morgan fingerprint density at radius 2 is 2.23 bits per heavy atom. The molecule has 70 valence electrons. The van der Waals surface area contributed by atoms with Crippen molar-refractivity contribution in [3.63, 3.8) is 0 Å². The van der Waals surface area contributed by atoms with E-state index in [4.69, 9.17) is 11.6 Å². The largest absolute Gasteiger partial charge is 0.319 e. The average molecular weight is 196 g/mol. The number of rotatable bonds is 3. The molecule has 0 saturated heterocycles. The van der Waals surface area contributed by atoms with E-state index in [0.29, 0.717) is 5.92 Å². The lowest BCUT2D eigenvalue weighted by Crippen LogP contribution is -2.10. The molecule has 1 aromatic rings. The van der Waals surface area contributed by atoms with Crippen molar-refractivity contribution in [1.82, 2.24) is 5.32 Å². The molecule has 2 rings (SSSR count). The van der Waals surface area contributed by atoms with E-state index in [9.17, 15) is 0 Å². The molecule has 13 heavy (non-hydrogen) atoms. The van der Waals surface area contributed by atoms with Gasteiger partial charge in [-0.1, -0.05) is 29.8 Å². The van der Waals surface area contributed by atoms with Crippen molar-refractivity contribution in [2.45, 2.75) is 12.3 Å². The van der Waals surface area contributed by atoms with Crippen LogP contribution in [-0.2, 0) is 0 Å². The molecular weight excluding hydrogens is 182 g/mol. The molecule has 0 radical (unpaired) electrons. The van der Waals surface area contributed by atoms with Crippen LogP contribution in [0.15, 0.2) is 24.3 Å². The topological polar surface area (TPSA) is 12.0 Å². The maximum atomic E-state index is 6.10. The molecule has 1 nitrogen and oxygen atoms in total. The zero-order chi connectivity index (χ0) is 9.26. The maximum Gasteiger partial charge on any atom is 0.0440 e. The molecule has 0 heterocycles. The number of nitrogens with one attached hydrogen (secondary N) is 1. The van der Waals surface area contributed by atoms with Gasteiger partial charge in [-0.05, 0) is 43.5 Å². The molecule has 0 unspecified atom stereocenters. The van der Waals surface area contributed by atoms with Crippen molar-refractivity contribution in [2.24, 2.45) is 5.92 Å². The molecule has 1 aromatic carbocycles. The predicted molar refractivity (Wildman–Crippen MR) is 56.2 cm³/mol. The lowest BCUT2D eigenvalue weighted by atomic mass is 10.1. The highest BCUT2D eigenvalue weighted by Crippen LogP contribution is 2.48. The van der Waals surface area contributed by atoms with Gasteiger partial charge in [0.05, 0.1) is 0 Å². The Morgan fingerprint density at radius 1 is 1.46 bits per heavy atom. The van der Waals surface area contributed by atoms with Gasteiger partial charge in [0.2, 0.25) is 0 Å². The minimum Gasteiger partial charge on any atom is -0.319 e. The van der Waals surface area contributed by atoms with Gasteiger partial charge in [-0.25, -0.2) is 0 Å². The van der Waals surface area contributed by atoms with Gasteiger partial charge >= 0.3 is 0 Å². The molecule has 2 heteroatoms. The first kappa shape index (κ1) is 9.04. The molecule has 1 fully saturated rings. The van der Waals surface area contributed by atoms with Gasteiger partial charge < -0.3 is 5.32 Å². The Bertz CT molecular complexity index is 298. The second kappa shape index (κ2) is 3.69. The zero-order valence-corrected chi connectivity index (χ0v) is 8.51. The van der Waals surface area contributed by atoms with E-state index in [1.807, 2.05) is 19.2 Å². The normalized spacial score (nSPS) is 26.0. The van der Waals surface area contributed by atoms with E-state index < -0.39 is 0 Å². The Hall–Kier alpha value is -0.530. The summed E-state index contributed by atoms with van der Waals surface area (Å²) >= 11 is 6.10. The summed E-state index contributed by atoms with van der Waals surface area (Å²) in [5, 5.41) is 4.13. The first-order valence-electron chi connectivity index (χ1n) is 4.72. The predicted octanol–water partition coefficient (Wildman–Crippen LogP) is 2.66. The van der Waals surface area contributed by atoms with Crippen molar-refractivity contribution in [1.29, 1.82) is 0 Å². The molecule has 0 spiro atoms. The smallest absolute Gasteiger partial charge is 0.0440 e. The Kier molecular flexibility index (Phi) is 2.56. The molecule has 2 atom stereocenters. The second-order valence-corrected chi connectivity index (χ2v) is 4.09. The fourth-order valence-corrected chi connectivity index (χ4v) is 2.17. The molecule has 0 bridgehead atoms. The van der Waals surface area contributed by atoms with Crippen molar-refractivity contribution in [3.8, 4) is 0 Å². The van der Waals surface area contributed by atoms with E-state index in [0.717, 1.165) is 17.5 Å². The minimum absolute atomic E-state index is 0.696. The van der Waals surface area contributed by atoms with Crippen LogP contribution >= 0.6 is 11.6 Å². The zero-order valence-electron chi connectivity index (χ0n) is 7.76. The lowest BCUT2D eigenvalue weighted by molar-refractivity contribution is 0.698. The molecule has 1 saturated carbocycles. The van der Waals surface area contributed by atoms with Gasteiger partial charge in [0, 0.05) is 5.02 Å². The van der Waals surface area contributed by atoms with E-state index >= 15 is 0 Å². The average Bonchev–Trinajstić information content (AvgIpc) is 2.86. The van der Waals surface area contributed by atoms with Crippen LogP contribution in [0.3, 0.4) is 0 Å². The van der Waals surface area contributed by atoms with Crippen molar-refractivity contribution in [3.05, 3.63) is 34.9 Å². The fraction of sp³-hybridized carbons (Fsp3) is 0.455. The van der Waals surface area contributed by atoms with Crippen molar-refractivity contribution < 1.29 is 0 Å². The second-order valence-electron chi connectivity index (χ2n) is 3.68. The molecule has 0 aromatic heterocycles. The van der Waals surface area contributed by atoms with Crippen LogP contribution in [0.2, 0.25) is 5.02 Å². The monoisotopic (exact) mass is 195 g/mol. The van der Waals surface area contributed by atoms with Crippen molar-refractivity contribution in [2.75, 3.05) is 13.6 Å². The van der Waals surface area contributed by atoms with Gasteiger partial charge in [0.25, 0.3) is 0 Å². The molecule has 0 amide bonds. The highest BCUT2D eigenvalue weighted by Gasteiger charge is 2.38. The van der Waals surface area contributed by atoms with E-state index in [1.54, 1.807) is 0 Å². The van der Waals surface area contributed by atoms with E-state index in [-0.39, 0.29) is 0 Å². The highest BCUT2D eigenvalue weighted by atomic mass is 35.5. The van der Waals surface area contributed by atoms with Crippen LogP contribution in [0.5, 0.6) is 0 Å². The number of hydrogen-bond acceptors (Lipinski definition) is 1. The summed E-state index contributed by atoms with van der Waals surface area (Å²) in [6.45, 7) is 1.11. The summed E-state index contributed by atoms with van der Waals surface area (Å²) in [5.41, 5.74) is 1.32. The first-order chi connectivity index (χ1) is 6.33. The van der Waals surface area contributed by atoms with Crippen LogP contribution < -0.4 is 5.32 Å².